The molecule has 2 aromatic carbocycles. The zero-order valence-electron chi connectivity index (χ0n) is 17.1. The van der Waals surface area contributed by atoms with E-state index in [0.717, 1.165) is 27.2 Å². The van der Waals surface area contributed by atoms with Crippen LogP contribution in [0.25, 0.3) is 21.5 Å². The van der Waals surface area contributed by atoms with E-state index >= 15 is 0 Å². The molecule has 0 aliphatic rings. The fourth-order valence-electron chi connectivity index (χ4n) is 3.49. The lowest BCUT2D eigenvalue weighted by atomic mass is 10.1. The molecule has 0 aliphatic heterocycles. The second-order valence-electron chi connectivity index (χ2n) is 6.70. The van der Waals surface area contributed by atoms with E-state index < -0.39 is 0 Å². The molecule has 8 heteroatoms. The maximum absolute atomic E-state index is 9.12. The Morgan fingerprint density at radius 1 is 0.812 bits per heavy atom. The predicted molar refractivity (Wildman–Crippen MR) is 133 cm³/mol. The summed E-state index contributed by atoms with van der Waals surface area (Å²) >= 11 is 9.02. The molecule has 0 N–H and O–H groups in total. The predicted octanol–water partition coefficient (Wildman–Crippen LogP) is 5.23. The van der Waals surface area contributed by atoms with Crippen molar-refractivity contribution in [1.29, 1.82) is 10.5 Å². The number of aromatic nitrogens is 2. The highest BCUT2D eigenvalue weighted by molar-refractivity contribution is 7.78. The van der Waals surface area contributed by atoms with Crippen molar-refractivity contribution in [3.05, 3.63) is 72.3 Å². The molecule has 0 unspecified atom stereocenters. The van der Waals surface area contributed by atoms with Gasteiger partial charge in [0.15, 0.2) is 6.19 Å². The molecule has 0 bridgehead atoms. The molecule has 0 atom stereocenters. The number of benzene rings is 2. The van der Waals surface area contributed by atoms with Crippen LogP contribution in [-0.2, 0) is 13.0 Å². The molecule has 2 aromatic heterocycles. The molecule has 4 rings (SSSR count). The second kappa shape index (κ2) is 11.5. The average Bonchev–Trinajstić information content (AvgIpc) is 3.37. The molecule has 2 heterocycles. The van der Waals surface area contributed by atoms with E-state index in [9.17, 15) is 0 Å². The molecular weight excluding hydrogens is 436 g/mol. The first-order valence-corrected chi connectivity index (χ1v) is 10.6. The molecule has 0 saturated carbocycles. The van der Waals surface area contributed by atoms with Crippen LogP contribution in [0.1, 0.15) is 11.4 Å². The molecule has 6 nitrogen and oxygen atoms in total. The molecule has 0 saturated heterocycles. The topological polar surface area (TPSA) is 82.2 Å². The lowest BCUT2D eigenvalue weighted by molar-refractivity contribution is 0.711. The van der Waals surface area contributed by atoms with Crippen LogP contribution >= 0.6 is 24.4 Å². The fraction of sp³-hybridized carbons (Fsp3) is 0.167. The van der Waals surface area contributed by atoms with Crippen LogP contribution in [0.15, 0.2) is 70.9 Å². The Kier molecular flexibility index (Phi) is 8.17. The molecule has 32 heavy (non-hydrogen) atoms. The smallest absolute Gasteiger partial charge is 0.188 e. The van der Waals surface area contributed by atoms with E-state index in [1.807, 2.05) is 65.5 Å². The van der Waals surface area contributed by atoms with Crippen LogP contribution in [0.3, 0.4) is 0 Å². The average molecular weight is 455 g/mol. The van der Waals surface area contributed by atoms with Crippen molar-refractivity contribution in [3.8, 4) is 12.3 Å². The Morgan fingerprint density at radius 3 is 2.09 bits per heavy atom. The quantitative estimate of drug-likeness (QED) is 0.295. The number of hydrogen-bond donors (Lipinski definition) is 0. The minimum atomic E-state index is 0.555. The van der Waals surface area contributed by atoms with E-state index in [2.05, 4.69) is 57.0 Å². The molecule has 0 spiro atoms. The van der Waals surface area contributed by atoms with Gasteiger partial charge in [-0.3, -0.25) is 4.57 Å². The van der Waals surface area contributed by atoms with Gasteiger partial charge >= 0.3 is 0 Å². The van der Waals surface area contributed by atoms with E-state index in [4.69, 9.17) is 10.5 Å². The molecule has 4 aromatic rings. The van der Waals surface area contributed by atoms with Gasteiger partial charge < -0.3 is 4.57 Å². The van der Waals surface area contributed by atoms with Gasteiger partial charge in [0, 0.05) is 52.6 Å². The van der Waals surface area contributed by atoms with Crippen molar-refractivity contribution in [2.75, 3.05) is 13.1 Å². The van der Waals surface area contributed by atoms with Gasteiger partial charge in [0.25, 0.3) is 0 Å². The van der Waals surface area contributed by atoms with Crippen molar-refractivity contribution < 1.29 is 0 Å². The molecule has 0 fully saturated rings. The number of thiocarbonyl (C=S) groups is 2. The fourth-order valence-corrected chi connectivity index (χ4v) is 3.67. The van der Waals surface area contributed by atoms with Crippen molar-refractivity contribution in [3.63, 3.8) is 0 Å². The monoisotopic (exact) mass is 454 g/mol. The summed E-state index contributed by atoms with van der Waals surface area (Å²) < 4.78 is 3.49. The van der Waals surface area contributed by atoms with Gasteiger partial charge in [-0.2, -0.15) is 10.5 Å². The lowest BCUT2D eigenvalue weighted by Crippen LogP contribution is -2.01. The number of nitrogens with zero attached hydrogens (tertiary/aromatic N) is 6. The van der Waals surface area contributed by atoms with Gasteiger partial charge in [-0.1, -0.05) is 48.5 Å². The number of nitriles is 2. The van der Waals surface area contributed by atoms with Crippen molar-refractivity contribution >= 4 is 56.3 Å². The number of isothiocyanates is 2. The Labute approximate surface area is 196 Å². The Balaban J connectivity index is 0.000000181. The SMILES string of the molecule is N#Cc1c2ccccc2cn1CCN=C=S.N#Cn1cc2ccccc2c1CCN=C=S. The Morgan fingerprint density at radius 2 is 1.44 bits per heavy atom. The Hall–Kier alpha value is -3.90. The summed E-state index contributed by atoms with van der Waals surface area (Å²) in [7, 11) is 0. The molecular formula is C24H18N6S2. The Bertz CT molecular complexity index is 1410. The summed E-state index contributed by atoms with van der Waals surface area (Å²) in [6.07, 6.45) is 6.64. The largest absolute Gasteiger partial charge is 0.336 e. The maximum Gasteiger partial charge on any atom is 0.188 e. The number of fused-ring (bicyclic) bond motifs is 2. The lowest BCUT2D eigenvalue weighted by Gasteiger charge is -1.99. The van der Waals surface area contributed by atoms with Crippen LogP contribution in [0, 0.1) is 22.8 Å². The van der Waals surface area contributed by atoms with E-state index in [-0.39, 0.29) is 0 Å². The summed E-state index contributed by atoms with van der Waals surface area (Å²) in [6, 6.07) is 18.0. The zero-order chi connectivity index (χ0) is 22.8. The third-order valence-corrected chi connectivity index (χ3v) is 5.14. The number of hydrogen-bond acceptors (Lipinski definition) is 6. The summed E-state index contributed by atoms with van der Waals surface area (Å²) in [6.45, 7) is 1.78. The van der Waals surface area contributed by atoms with Gasteiger partial charge in [0.1, 0.15) is 11.8 Å². The highest BCUT2D eigenvalue weighted by Gasteiger charge is 2.08. The summed E-state index contributed by atoms with van der Waals surface area (Å²) in [5, 5.41) is 27.0. The van der Waals surface area contributed by atoms with Gasteiger partial charge in [-0.05, 0) is 24.4 Å². The minimum Gasteiger partial charge on any atom is -0.336 e. The summed E-state index contributed by atoms with van der Waals surface area (Å²) in [4.78, 5) is 7.72. The third-order valence-electron chi connectivity index (χ3n) is 4.88. The minimum absolute atomic E-state index is 0.555. The van der Waals surface area contributed by atoms with E-state index in [1.54, 1.807) is 4.57 Å². The van der Waals surface area contributed by atoms with E-state index in [1.165, 1.54) is 0 Å². The van der Waals surface area contributed by atoms with Gasteiger partial charge in [-0.25, -0.2) is 9.98 Å². The van der Waals surface area contributed by atoms with Crippen LogP contribution in [0.2, 0.25) is 0 Å². The zero-order valence-corrected chi connectivity index (χ0v) is 18.7. The third kappa shape index (κ3) is 5.22. The maximum atomic E-state index is 9.12. The van der Waals surface area contributed by atoms with Crippen molar-refractivity contribution in [2.24, 2.45) is 9.98 Å². The molecule has 0 aliphatic carbocycles. The van der Waals surface area contributed by atoms with Crippen LogP contribution in [0.5, 0.6) is 0 Å². The first-order valence-electron chi connectivity index (χ1n) is 9.77. The summed E-state index contributed by atoms with van der Waals surface area (Å²) in [5.41, 5.74) is 1.65. The number of aliphatic imine (C=N–C) groups is 2. The number of rotatable bonds is 6. The van der Waals surface area contributed by atoms with Crippen LogP contribution < -0.4 is 0 Å². The molecule has 156 valence electrons. The van der Waals surface area contributed by atoms with Gasteiger partial charge in [0.05, 0.1) is 23.4 Å². The van der Waals surface area contributed by atoms with Crippen LogP contribution in [-0.4, -0.2) is 32.5 Å². The highest BCUT2D eigenvalue weighted by atomic mass is 32.1. The normalized spacial score (nSPS) is 9.69. The first-order chi connectivity index (χ1) is 15.7. The van der Waals surface area contributed by atoms with Crippen LogP contribution in [0.4, 0.5) is 0 Å². The van der Waals surface area contributed by atoms with E-state index in [0.29, 0.717) is 31.7 Å². The van der Waals surface area contributed by atoms with Crippen molar-refractivity contribution in [2.45, 2.75) is 13.0 Å². The van der Waals surface area contributed by atoms with Crippen molar-refractivity contribution in [1.82, 2.24) is 9.13 Å². The molecule has 0 radical (unpaired) electrons. The highest BCUT2D eigenvalue weighted by Crippen LogP contribution is 2.21. The standard InChI is InChI=1S/2C12H9N3S/c13-7-12-11-4-2-1-3-10(11)8-15(12)6-5-14-9-16;13-8-15-7-10-3-1-2-4-11(10)12(15)5-6-14-9-16/h1-4,8H,5-6H2;1-4,7H,5-6H2. The first kappa shape index (κ1) is 22.8. The summed E-state index contributed by atoms with van der Waals surface area (Å²) in [5.74, 6) is 0. The van der Waals surface area contributed by atoms with Gasteiger partial charge in [-0.15, -0.1) is 0 Å². The van der Waals surface area contributed by atoms with Gasteiger partial charge in [0.2, 0.25) is 0 Å². The second-order valence-corrected chi connectivity index (χ2v) is 7.06. The molecule has 0 amide bonds.